The van der Waals surface area contributed by atoms with E-state index in [1.54, 1.807) is 6.92 Å². The minimum absolute atomic E-state index is 0.0650. The summed E-state index contributed by atoms with van der Waals surface area (Å²) >= 11 is 0. The highest BCUT2D eigenvalue weighted by molar-refractivity contribution is 5.73. The van der Waals surface area contributed by atoms with Crippen LogP contribution in [0.4, 0.5) is 0 Å². The van der Waals surface area contributed by atoms with E-state index in [4.69, 9.17) is 0 Å². The lowest BCUT2D eigenvalue weighted by atomic mass is 10.0. The molecule has 1 N–H and O–H groups in total. The lowest BCUT2D eigenvalue weighted by Crippen LogP contribution is -2.30. The molecule has 0 aliphatic rings. The molecule has 24 heavy (non-hydrogen) atoms. The summed E-state index contributed by atoms with van der Waals surface area (Å²) in [5.41, 5.74) is 0. The number of nitrogens with one attached hydrogen (secondary N) is 1. The van der Waals surface area contributed by atoms with E-state index in [1.165, 1.54) is 96.3 Å². The van der Waals surface area contributed by atoms with Crippen LogP contribution in [0.1, 0.15) is 124 Å². The largest absolute Gasteiger partial charge is 0.354 e. The molecule has 1 amide bonds. The van der Waals surface area contributed by atoms with Gasteiger partial charge in [-0.15, -0.1) is 0 Å². The Kier molecular flexibility index (Phi) is 18.4. The average molecular weight is 339 g/mol. The van der Waals surface area contributed by atoms with Gasteiger partial charge in [0.05, 0.1) is 0 Å². The van der Waals surface area contributed by atoms with Crippen LogP contribution in [-0.4, -0.2) is 11.9 Å². The third-order valence-corrected chi connectivity index (χ3v) is 4.76. The first-order valence-electron chi connectivity index (χ1n) is 10.8. The highest BCUT2D eigenvalue weighted by atomic mass is 16.1. The van der Waals surface area contributed by atoms with E-state index in [2.05, 4.69) is 18.7 Å². The number of hydrogen-bond acceptors (Lipinski definition) is 1. The van der Waals surface area contributed by atoms with Crippen molar-refractivity contribution in [3.8, 4) is 0 Å². The summed E-state index contributed by atoms with van der Waals surface area (Å²) in [6.07, 6.45) is 24.5. The number of carbonyl (C=O) groups excluding carboxylic acids is 1. The van der Waals surface area contributed by atoms with Crippen LogP contribution >= 0.6 is 0 Å². The second-order valence-electron chi connectivity index (χ2n) is 7.46. The van der Waals surface area contributed by atoms with Crippen LogP contribution in [0.15, 0.2) is 0 Å². The lowest BCUT2D eigenvalue weighted by molar-refractivity contribution is -0.119. The number of carbonyl (C=O) groups is 1. The molecule has 0 bridgehead atoms. The number of amides is 1. The molecule has 1 unspecified atom stereocenters. The molecule has 0 aromatic carbocycles. The molecule has 143 valence electrons. The summed E-state index contributed by atoms with van der Waals surface area (Å²) < 4.78 is 0. The van der Waals surface area contributed by atoms with Gasteiger partial charge in [-0.3, -0.25) is 4.79 Å². The molecule has 0 saturated heterocycles. The summed E-state index contributed by atoms with van der Waals surface area (Å²) in [5.74, 6) is 0.0650. The van der Waals surface area contributed by atoms with Gasteiger partial charge in [-0.2, -0.15) is 0 Å². The number of rotatable bonds is 18. The Labute approximate surface area is 152 Å². The van der Waals surface area contributed by atoms with Gasteiger partial charge in [-0.1, -0.05) is 103 Å². The monoisotopic (exact) mass is 338 g/mol. The van der Waals surface area contributed by atoms with Crippen molar-refractivity contribution in [2.75, 3.05) is 0 Å². The van der Waals surface area contributed by atoms with Gasteiger partial charge in [0.1, 0.15) is 0 Å². The van der Waals surface area contributed by atoms with Gasteiger partial charge in [0.2, 0.25) is 5.91 Å². The first kappa shape index (κ1) is 23.5. The van der Waals surface area contributed by atoms with Gasteiger partial charge in [0.15, 0.2) is 0 Å². The number of unbranched alkanes of at least 4 members (excludes halogenated alkanes) is 15. The van der Waals surface area contributed by atoms with Gasteiger partial charge < -0.3 is 5.32 Å². The molecular formula is C22H44NO. The summed E-state index contributed by atoms with van der Waals surface area (Å²) in [6, 6.07) is 0.217. The standard InChI is InChI=1S/C22H44NO/c1-4-5-6-7-8-9-10-11-12-13-14-15-16-17-18-19-20-21(2)23-22(3)24/h20-21H,4-19H2,1-3H3,(H,23,24). The van der Waals surface area contributed by atoms with E-state index < -0.39 is 0 Å². The molecule has 2 nitrogen and oxygen atoms in total. The van der Waals surface area contributed by atoms with Gasteiger partial charge >= 0.3 is 0 Å². The van der Waals surface area contributed by atoms with Crippen molar-refractivity contribution in [3.63, 3.8) is 0 Å². The molecule has 0 aliphatic carbocycles. The molecule has 0 aromatic heterocycles. The maximum atomic E-state index is 10.9. The van der Waals surface area contributed by atoms with Crippen molar-refractivity contribution in [3.05, 3.63) is 6.42 Å². The van der Waals surface area contributed by atoms with Crippen molar-refractivity contribution in [2.45, 2.75) is 130 Å². The van der Waals surface area contributed by atoms with E-state index >= 15 is 0 Å². The number of hydrogen-bond donors (Lipinski definition) is 1. The molecule has 1 radical (unpaired) electrons. The Morgan fingerprint density at radius 3 is 1.50 bits per heavy atom. The van der Waals surface area contributed by atoms with Gasteiger partial charge in [0.25, 0.3) is 0 Å². The summed E-state index contributed by atoms with van der Waals surface area (Å²) in [5, 5.41) is 2.90. The Morgan fingerprint density at radius 1 is 0.750 bits per heavy atom. The van der Waals surface area contributed by atoms with Crippen LogP contribution < -0.4 is 5.32 Å². The first-order chi connectivity index (χ1) is 11.7. The maximum Gasteiger partial charge on any atom is 0.217 e. The second kappa shape index (κ2) is 18.8. The zero-order valence-corrected chi connectivity index (χ0v) is 16.9. The van der Waals surface area contributed by atoms with Gasteiger partial charge in [0, 0.05) is 13.0 Å². The van der Waals surface area contributed by atoms with Crippen LogP contribution in [0.2, 0.25) is 0 Å². The fourth-order valence-electron chi connectivity index (χ4n) is 3.26. The molecule has 0 saturated carbocycles. The summed E-state index contributed by atoms with van der Waals surface area (Å²) in [6.45, 7) is 5.91. The van der Waals surface area contributed by atoms with Crippen LogP contribution in [0.5, 0.6) is 0 Å². The van der Waals surface area contributed by atoms with E-state index in [0.29, 0.717) is 0 Å². The Hall–Kier alpha value is -0.530. The van der Waals surface area contributed by atoms with Crippen LogP contribution in [-0.2, 0) is 4.79 Å². The van der Waals surface area contributed by atoms with Crippen LogP contribution in [0, 0.1) is 6.42 Å². The summed E-state index contributed by atoms with van der Waals surface area (Å²) in [4.78, 5) is 10.9. The SMILES string of the molecule is CCCCCCCCCCCCCCCCC[CH]C(C)NC(C)=O. The Bertz CT molecular complexity index is 265. The second-order valence-corrected chi connectivity index (χ2v) is 7.46. The fourth-order valence-corrected chi connectivity index (χ4v) is 3.26. The topological polar surface area (TPSA) is 29.1 Å². The normalized spacial score (nSPS) is 12.3. The molecule has 0 fully saturated rings. The summed E-state index contributed by atoms with van der Waals surface area (Å²) in [7, 11) is 0. The van der Waals surface area contributed by atoms with E-state index in [1.807, 2.05) is 6.92 Å². The van der Waals surface area contributed by atoms with Gasteiger partial charge in [-0.05, 0) is 19.8 Å². The molecule has 0 aliphatic heterocycles. The van der Waals surface area contributed by atoms with Crippen molar-refractivity contribution >= 4 is 5.91 Å². The van der Waals surface area contributed by atoms with Crippen LogP contribution in [0.25, 0.3) is 0 Å². The molecular weight excluding hydrogens is 294 g/mol. The molecule has 0 rings (SSSR count). The highest BCUT2D eigenvalue weighted by Gasteiger charge is 2.02. The maximum absolute atomic E-state index is 10.9. The predicted molar refractivity (Wildman–Crippen MR) is 107 cm³/mol. The fraction of sp³-hybridized carbons (Fsp3) is 0.909. The smallest absolute Gasteiger partial charge is 0.217 e. The predicted octanol–water partition coefficient (Wildman–Crippen LogP) is 6.98. The minimum atomic E-state index is 0.0650. The van der Waals surface area contributed by atoms with E-state index in [9.17, 15) is 4.79 Å². The minimum Gasteiger partial charge on any atom is -0.354 e. The van der Waals surface area contributed by atoms with E-state index in [0.717, 1.165) is 6.42 Å². The third kappa shape index (κ3) is 19.5. The highest BCUT2D eigenvalue weighted by Crippen LogP contribution is 2.14. The quantitative estimate of drug-likeness (QED) is 0.268. The lowest BCUT2D eigenvalue weighted by Gasteiger charge is -2.11. The van der Waals surface area contributed by atoms with Crippen molar-refractivity contribution in [2.24, 2.45) is 0 Å². The molecule has 1 atom stereocenters. The molecule has 0 spiro atoms. The average Bonchev–Trinajstić information content (AvgIpc) is 2.53. The van der Waals surface area contributed by atoms with E-state index in [-0.39, 0.29) is 11.9 Å². The third-order valence-electron chi connectivity index (χ3n) is 4.76. The van der Waals surface area contributed by atoms with Crippen molar-refractivity contribution in [1.82, 2.24) is 5.32 Å². The van der Waals surface area contributed by atoms with Crippen molar-refractivity contribution < 1.29 is 4.79 Å². The first-order valence-corrected chi connectivity index (χ1v) is 10.8. The Balaban J connectivity index is 3.06. The van der Waals surface area contributed by atoms with Gasteiger partial charge in [-0.25, -0.2) is 0 Å². The Morgan fingerprint density at radius 2 is 1.12 bits per heavy atom. The van der Waals surface area contributed by atoms with Crippen molar-refractivity contribution in [1.29, 1.82) is 0 Å². The molecule has 2 heteroatoms. The zero-order chi connectivity index (χ0) is 17.9. The molecule has 0 heterocycles. The molecule has 0 aromatic rings. The van der Waals surface area contributed by atoms with Crippen LogP contribution in [0.3, 0.4) is 0 Å². The zero-order valence-electron chi connectivity index (χ0n) is 16.9.